The van der Waals surface area contributed by atoms with Gasteiger partial charge in [0.1, 0.15) is 0 Å². The summed E-state index contributed by atoms with van der Waals surface area (Å²) in [6.07, 6.45) is 0. The summed E-state index contributed by atoms with van der Waals surface area (Å²) < 4.78 is 0. The molecule has 1 nitrogen and oxygen atoms in total. The van der Waals surface area contributed by atoms with Gasteiger partial charge < -0.3 is 4.90 Å². The molecule has 2 aromatic carbocycles. The topological polar surface area (TPSA) is 3.24 Å². The zero-order chi connectivity index (χ0) is 13.4. The Balaban J connectivity index is 2.16. The molecule has 0 spiro atoms. The van der Waals surface area contributed by atoms with Gasteiger partial charge in [-0.05, 0) is 34.6 Å². The van der Waals surface area contributed by atoms with Crippen molar-refractivity contribution in [2.24, 2.45) is 0 Å². The molecule has 1 heteroatoms. The van der Waals surface area contributed by atoms with Gasteiger partial charge in [-0.25, -0.2) is 0 Å². The van der Waals surface area contributed by atoms with Crippen molar-refractivity contribution in [3.05, 3.63) is 65.2 Å². The van der Waals surface area contributed by atoms with E-state index in [0.29, 0.717) is 11.8 Å². The van der Waals surface area contributed by atoms with Crippen LogP contribution in [0, 0.1) is 0 Å². The molecule has 98 valence electrons. The Labute approximate surface area is 115 Å². The first-order valence-corrected chi connectivity index (χ1v) is 7.06. The zero-order valence-electron chi connectivity index (χ0n) is 11.9. The Morgan fingerprint density at radius 2 is 1.42 bits per heavy atom. The van der Waals surface area contributed by atoms with Crippen LogP contribution in [-0.2, 0) is 6.54 Å². The quantitative estimate of drug-likeness (QED) is 0.664. The summed E-state index contributed by atoms with van der Waals surface area (Å²) in [5, 5.41) is 0. The van der Waals surface area contributed by atoms with Gasteiger partial charge >= 0.3 is 0 Å². The van der Waals surface area contributed by atoms with Crippen molar-refractivity contribution < 1.29 is 0 Å². The van der Waals surface area contributed by atoms with Gasteiger partial charge in [0.2, 0.25) is 0 Å². The minimum atomic E-state index is 0.542. The summed E-state index contributed by atoms with van der Waals surface area (Å²) in [5.41, 5.74) is 5.79. The third kappa shape index (κ3) is 2.03. The highest BCUT2D eigenvalue weighted by Crippen LogP contribution is 2.40. The zero-order valence-corrected chi connectivity index (χ0v) is 11.9. The second-order valence-electron chi connectivity index (χ2n) is 5.69. The van der Waals surface area contributed by atoms with Crippen molar-refractivity contribution >= 4 is 5.69 Å². The van der Waals surface area contributed by atoms with E-state index < -0.39 is 0 Å². The molecule has 2 unspecified atom stereocenters. The normalized spacial score (nSPS) is 22.2. The SMILES string of the molecule is CC1c2ccccc2CN(C)c2ccccc2C1C. The number of hydrogen-bond acceptors (Lipinski definition) is 1. The van der Waals surface area contributed by atoms with Crippen LogP contribution < -0.4 is 4.90 Å². The fourth-order valence-electron chi connectivity index (χ4n) is 3.22. The maximum absolute atomic E-state index is 2.37. The maximum Gasteiger partial charge on any atom is 0.0429 e. The van der Waals surface area contributed by atoms with Crippen LogP contribution >= 0.6 is 0 Å². The largest absolute Gasteiger partial charge is 0.370 e. The van der Waals surface area contributed by atoms with E-state index in [4.69, 9.17) is 0 Å². The van der Waals surface area contributed by atoms with Crippen LogP contribution in [0.5, 0.6) is 0 Å². The van der Waals surface area contributed by atoms with E-state index >= 15 is 0 Å². The standard InChI is InChI=1S/C18H21N/c1-13-14(2)17-10-6-7-11-18(17)19(3)12-15-8-4-5-9-16(13)15/h4-11,13-14H,12H2,1-3H3. The van der Waals surface area contributed by atoms with E-state index in [-0.39, 0.29) is 0 Å². The number of benzene rings is 2. The second-order valence-corrected chi connectivity index (χ2v) is 5.69. The number of fused-ring (bicyclic) bond motifs is 2. The third-order valence-electron chi connectivity index (χ3n) is 4.54. The maximum atomic E-state index is 2.37. The van der Waals surface area contributed by atoms with Gasteiger partial charge in [0.05, 0.1) is 0 Å². The van der Waals surface area contributed by atoms with Crippen molar-refractivity contribution in [3.8, 4) is 0 Å². The number of hydrogen-bond donors (Lipinski definition) is 0. The summed E-state index contributed by atoms with van der Waals surface area (Å²) >= 11 is 0. The number of para-hydroxylation sites is 1. The number of nitrogens with zero attached hydrogens (tertiary/aromatic N) is 1. The van der Waals surface area contributed by atoms with Gasteiger partial charge in [-0.3, -0.25) is 0 Å². The molecule has 1 heterocycles. The molecule has 0 radical (unpaired) electrons. The van der Waals surface area contributed by atoms with E-state index in [9.17, 15) is 0 Å². The molecule has 0 fully saturated rings. The van der Waals surface area contributed by atoms with Crippen molar-refractivity contribution in [2.75, 3.05) is 11.9 Å². The highest BCUT2D eigenvalue weighted by molar-refractivity contribution is 5.57. The average Bonchev–Trinajstić information content (AvgIpc) is 2.45. The minimum absolute atomic E-state index is 0.542. The highest BCUT2D eigenvalue weighted by atomic mass is 15.1. The number of rotatable bonds is 0. The molecule has 0 saturated heterocycles. The molecule has 0 bridgehead atoms. The predicted molar refractivity (Wildman–Crippen MR) is 81.8 cm³/mol. The van der Waals surface area contributed by atoms with Crippen molar-refractivity contribution in [3.63, 3.8) is 0 Å². The smallest absolute Gasteiger partial charge is 0.0429 e. The molecular weight excluding hydrogens is 230 g/mol. The van der Waals surface area contributed by atoms with Crippen molar-refractivity contribution in [2.45, 2.75) is 32.2 Å². The van der Waals surface area contributed by atoms with Crippen LogP contribution in [0.4, 0.5) is 5.69 Å². The van der Waals surface area contributed by atoms with Gasteiger partial charge in [-0.1, -0.05) is 56.3 Å². The monoisotopic (exact) mass is 251 g/mol. The van der Waals surface area contributed by atoms with Gasteiger partial charge in [0.15, 0.2) is 0 Å². The predicted octanol–water partition coefficient (Wildman–Crippen LogP) is 4.54. The molecule has 0 aromatic heterocycles. The first-order valence-electron chi connectivity index (χ1n) is 7.06. The molecule has 0 amide bonds. The Morgan fingerprint density at radius 1 is 0.842 bits per heavy atom. The summed E-state index contributed by atoms with van der Waals surface area (Å²) in [6, 6.07) is 17.7. The molecule has 2 aromatic rings. The summed E-state index contributed by atoms with van der Waals surface area (Å²) in [6.45, 7) is 5.69. The van der Waals surface area contributed by atoms with Crippen molar-refractivity contribution in [1.29, 1.82) is 0 Å². The molecular formula is C18H21N. The van der Waals surface area contributed by atoms with Gasteiger partial charge in [-0.2, -0.15) is 0 Å². The lowest BCUT2D eigenvalue weighted by Crippen LogP contribution is -2.23. The molecule has 2 atom stereocenters. The Hall–Kier alpha value is -1.76. The lowest BCUT2D eigenvalue weighted by Gasteiger charge is -2.33. The molecule has 0 saturated carbocycles. The minimum Gasteiger partial charge on any atom is -0.370 e. The summed E-state index contributed by atoms with van der Waals surface area (Å²) in [4.78, 5) is 2.37. The van der Waals surface area contributed by atoms with Crippen LogP contribution in [0.2, 0.25) is 0 Å². The Morgan fingerprint density at radius 3 is 2.21 bits per heavy atom. The highest BCUT2D eigenvalue weighted by Gasteiger charge is 2.24. The van der Waals surface area contributed by atoms with Crippen LogP contribution in [0.15, 0.2) is 48.5 Å². The van der Waals surface area contributed by atoms with E-state index in [2.05, 4.69) is 74.3 Å². The lowest BCUT2D eigenvalue weighted by molar-refractivity contribution is 0.606. The van der Waals surface area contributed by atoms with E-state index in [1.54, 1.807) is 0 Å². The number of anilines is 1. The lowest BCUT2D eigenvalue weighted by atomic mass is 9.80. The van der Waals surface area contributed by atoms with Gasteiger partial charge in [0, 0.05) is 19.3 Å². The van der Waals surface area contributed by atoms with E-state index in [0.717, 1.165) is 6.54 Å². The fraction of sp³-hybridized carbons (Fsp3) is 0.333. The van der Waals surface area contributed by atoms with Crippen LogP contribution in [0.25, 0.3) is 0 Å². The first kappa shape index (κ1) is 12.3. The Kier molecular flexibility index (Phi) is 3.06. The third-order valence-corrected chi connectivity index (χ3v) is 4.54. The molecule has 1 aliphatic heterocycles. The van der Waals surface area contributed by atoms with Crippen LogP contribution in [0.1, 0.15) is 42.4 Å². The van der Waals surface area contributed by atoms with Crippen LogP contribution in [0.3, 0.4) is 0 Å². The molecule has 0 aliphatic carbocycles. The van der Waals surface area contributed by atoms with E-state index in [1.807, 2.05) is 0 Å². The average molecular weight is 251 g/mol. The van der Waals surface area contributed by atoms with Gasteiger partial charge in [-0.15, -0.1) is 0 Å². The van der Waals surface area contributed by atoms with E-state index in [1.165, 1.54) is 22.4 Å². The molecule has 1 aliphatic rings. The first-order chi connectivity index (χ1) is 9.18. The summed E-state index contributed by atoms with van der Waals surface area (Å²) in [7, 11) is 2.19. The van der Waals surface area contributed by atoms with Gasteiger partial charge in [0.25, 0.3) is 0 Å². The summed E-state index contributed by atoms with van der Waals surface area (Å²) in [5.74, 6) is 1.10. The molecule has 3 rings (SSSR count). The Bertz CT molecular complexity index is 588. The van der Waals surface area contributed by atoms with Crippen molar-refractivity contribution in [1.82, 2.24) is 0 Å². The van der Waals surface area contributed by atoms with Crippen LogP contribution in [-0.4, -0.2) is 7.05 Å². The molecule has 19 heavy (non-hydrogen) atoms. The molecule has 0 N–H and O–H groups in total. The fourth-order valence-corrected chi connectivity index (χ4v) is 3.22. The second kappa shape index (κ2) is 4.73.